The van der Waals surface area contributed by atoms with Gasteiger partial charge in [-0.25, -0.2) is 13.4 Å². The van der Waals surface area contributed by atoms with Crippen molar-refractivity contribution in [1.29, 1.82) is 0 Å². The van der Waals surface area contributed by atoms with Crippen LogP contribution in [0.2, 0.25) is 0 Å². The minimum atomic E-state index is -3.13. The normalized spacial score (nSPS) is 27.9. The van der Waals surface area contributed by atoms with Crippen LogP contribution in [-0.4, -0.2) is 30.3 Å². The first kappa shape index (κ1) is 10.3. The predicted octanol–water partition coefficient (Wildman–Crippen LogP) is 0.485. The fourth-order valence-electron chi connectivity index (χ4n) is 2.45. The lowest BCUT2D eigenvalue weighted by molar-refractivity contribution is 0.527. The number of aromatic nitrogens is 2. The van der Waals surface area contributed by atoms with Crippen molar-refractivity contribution in [2.45, 2.75) is 37.0 Å². The van der Waals surface area contributed by atoms with E-state index in [2.05, 4.69) is 10.3 Å². The molecule has 2 aliphatic heterocycles. The van der Waals surface area contributed by atoms with Crippen molar-refractivity contribution in [2.24, 2.45) is 0 Å². The van der Waals surface area contributed by atoms with Crippen molar-refractivity contribution in [3.8, 4) is 0 Å². The number of hydrogen-bond donors (Lipinski definition) is 1. The van der Waals surface area contributed by atoms with Gasteiger partial charge in [-0.2, -0.15) is 0 Å². The molecule has 0 saturated carbocycles. The Balaban J connectivity index is 2.02. The topological polar surface area (TPSA) is 64.0 Å². The monoisotopic (exact) mass is 241 g/mol. The van der Waals surface area contributed by atoms with Gasteiger partial charge in [0.05, 0.1) is 17.5 Å². The molecule has 1 unspecified atom stereocenters. The predicted molar refractivity (Wildman–Crippen MR) is 58.9 cm³/mol. The van der Waals surface area contributed by atoms with Gasteiger partial charge in [-0.1, -0.05) is 0 Å². The molecule has 6 heteroatoms. The number of rotatable bonds is 1. The molecule has 0 spiro atoms. The first-order chi connectivity index (χ1) is 7.67. The van der Waals surface area contributed by atoms with E-state index in [1.807, 2.05) is 6.20 Å². The molecule has 1 fully saturated rings. The number of nitrogens with one attached hydrogen (secondary N) is 1. The van der Waals surface area contributed by atoms with Crippen LogP contribution >= 0.6 is 0 Å². The zero-order valence-corrected chi connectivity index (χ0v) is 9.83. The SMILES string of the molecule is O=S1(=O)CCCn2cc(C3CCCN3)nc21. The van der Waals surface area contributed by atoms with Gasteiger partial charge in [-0.15, -0.1) is 0 Å². The van der Waals surface area contributed by atoms with Crippen LogP contribution in [0.4, 0.5) is 0 Å². The summed E-state index contributed by atoms with van der Waals surface area (Å²) in [6, 6.07) is 0.244. The fourth-order valence-corrected chi connectivity index (χ4v) is 3.89. The van der Waals surface area contributed by atoms with Crippen LogP contribution < -0.4 is 5.32 Å². The third-order valence-electron chi connectivity index (χ3n) is 3.27. The van der Waals surface area contributed by atoms with E-state index in [-0.39, 0.29) is 17.0 Å². The molecule has 5 nitrogen and oxygen atoms in total. The van der Waals surface area contributed by atoms with E-state index in [9.17, 15) is 8.42 Å². The minimum Gasteiger partial charge on any atom is -0.322 e. The Morgan fingerprint density at radius 1 is 1.44 bits per heavy atom. The van der Waals surface area contributed by atoms with Gasteiger partial charge in [0.1, 0.15) is 0 Å². The third-order valence-corrected chi connectivity index (χ3v) is 4.97. The summed E-state index contributed by atoms with van der Waals surface area (Å²) in [5, 5.41) is 3.60. The average molecular weight is 241 g/mol. The molecule has 3 rings (SSSR count). The smallest absolute Gasteiger partial charge is 0.227 e. The zero-order chi connectivity index (χ0) is 11.2. The molecule has 1 saturated heterocycles. The van der Waals surface area contributed by atoms with Gasteiger partial charge in [0, 0.05) is 12.7 Å². The van der Waals surface area contributed by atoms with Gasteiger partial charge in [-0.05, 0) is 25.8 Å². The number of aryl methyl sites for hydroxylation is 1. The van der Waals surface area contributed by atoms with Crippen LogP contribution in [0, 0.1) is 0 Å². The second-order valence-corrected chi connectivity index (χ2v) is 6.47. The number of fused-ring (bicyclic) bond motifs is 1. The lowest BCUT2D eigenvalue weighted by atomic mass is 10.2. The molecular formula is C10H15N3O2S. The molecule has 1 N–H and O–H groups in total. The van der Waals surface area contributed by atoms with Crippen molar-refractivity contribution in [1.82, 2.24) is 14.9 Å². The zero-order valence-electron chi connectivity index (χ0n) is 9.02. The third kappa shape index (κ3) is 1.56. The molecule has 0 radical (unpaired) electrons. The molecule has 88 valence electrons. The van der Waals surface area contributed by atoms with E-state index < -0.39 is 9.84 Å². The maximum atomic E-state index is 11.8. The summed E-state index contributed by atoms with van der Waals surface area (Å²) in [5.41, 5.74) is 0.887. The molecule has 1 aromatic heterocycles. The first-order valence-corrected chi connectivity index (χ1v) is 7.35. The van der Waals surface area contributed by atoms with Crippen LogP contribution in [0.3, 0.4) is 0 Å². The molecule has 0 aliphatic carbocycles. The molecule has 2 aliphatic rings. The minimum absolute atomic E-state index is 0.238. The Labute approximate surface area is 94.8 Å². The number of imidazole rings is 1. The van der Waals surface area contributed by atoms with Crippen molar-refractivity contribution in [2.75, 3.05) is 12.3 Å². The molecule has 3 heterocycles. The number of nitrogens with zero attached hydrogens (tertiary/aromatic N) is 2. The quantitative estimate of drug-likeness (QED) is 0.777. The Morgan fingerprint density at radius 2 is 2.31 bits per heavy atom. The lowest BCUT2D eigenvalue weighted by Crippen LogP contribution is -2.20. The van der Waals surface area contributed by atoms with Crippen molar-refractivity contribution in [3.05, 3.63) is 11.9 Å². The summed E-state index contributed by atoms with van der Waals surface area (Å²) >= 11 is 0. The molecule has 16 heavy (non-hydrogen) atoms. The van der Waals surface area contributed by atoms with E-state index in [0.717, 1.165) is 31.6 Å². The van der Waals surface area contributed by atoms with Crippen LogP contribution in [0.1, 0.15) is 31.0 Å². The van der Waals surface area contributed by atoms with E-state index in [1.54, 1.807) is 4.57 Å². The van der Waals surface area contributed by atoms with E-state index in [4.69, 9.17) is 0 Å². The Morgan fingerprint density at radius 3 is 3.00 bits per heavy atom. The van der Waals surface area contributed by atoms with Gasteiger partial charge in [0.15, 0.2) is 0 Å². The molecule has 0 bridgehead atoms. The molecule has 0 amide bonds. The van der Waals surface area contributed by atoms with E-state index >= 15 is 0 Å². The number of sulfone groups is 1. The van der Waals surface area contributed by atoms with Crippen molar-refractivity contribution >= 4 is 9.84 Å². The lowest BCUT2D eigenvalue weighted by Gasteiger charge is -2.12. The summed E-state index contributed by atoms with van der Waals surface area (Å²) in [5.74, 6) is 0.238. The van der Waals surface area contributed by atoms with Gasteiger partial charge < -0.3 is 9.88 Å². The van der Waals surface area contributed by atoms with Crippen LogP contribution in [-0.2, 0) is 16.4 Å². The summed E-state index contributed by atoms with van der Waals surface area (Å²) in [6.45, 7) is 1.77. The largest absolute Gasteiger partial charge is 0.322 e. The molecule has 1 aromatic rings. The Kier molecular flexibility index (Phi) is 2.29. The second-order valence-electron chi connectivity index (χ2n) is 4.46. The van der Waals surface area contributed by atoms with Crippen LogP contribution in [0.15, 0.2) is 11.4 Å². The highest BCUT2D eigenvalue weighted by Crippen LogP contribution is 2.26. The fraction of sp³-hybridized carbons (Fsp3) is 0.700. The number of hydrogen-bond acceptors (Lipinski definition) is 4. The Bertz CT molecular complexity index is 500. The highest BCUT2D eigenvalue weighted by Gasteiger charge is 2.29. The van der Waals surface area contributed by atoms with E-state index in [1.165, 1.54) is 0 Å². The summed E-state index contributed by atoms with van der Waals surface area (Å²) < 4.78 is 25.4. The highest BCUT2D eigenvalue weighted by atomic mass is 32.2. The average Bonchev–Trinajstić information content (AvgIpc) is 2.84. The molecule has 1 atom stereocenters. The second kappa shape index (κ2) is 3.56. The summed E-state index contributed by atoms with van der Waals surface area (Å²) in [6.07, 6.45) is 4.79. The summed E-state index contributed by atoms with van der Waals surface area (Å²) in [7, 11) is -3.13. The van der Waals surface area contributed by atoms with Gasteiger partial charge in [0.2, 0.25) is 15.0 Å². The molecular weight excluding hydrogens is 226 g/mol. The van der Waals surface area contributed by atoms with Gasteiger partial charge in [0.25, 0.3) is 0 Å². The maximum Gasteiger partial charge on any atom is 0.227 e. The highest BCUT2D eigenvalue weighted by molar-refractivity contribution is 7.91. The standard InChI is InChI=1S/C10H15N3O2S/c14-16(15)6-2-5-13-7-9(12-10(13)16)8-3-1-4-11-8/h7-8,11H,1-6H2. The van der Waals surface area contributed by atoms with Crippen LogP contribution in [0.5, 0.6) is 0 Å². The van der Waals surface area contributed by atoms with E-state index in [0.29, 0.717) is 6.42 Å². The first-order valence-electron chi connectivity index (χ1n) is 5.70. The van der Waals surface area contributed by atoms with Crippen molar-refractivity contribution in [3.63, 3.8) is 0 Å². The maximum absolute atomic E-state index is 11.8. The Hall–Kier alpha value is -0.880. The summed E-state index contributed by atoms with van der Waals surface area (Å²) in [4.78, 5) is 4.30. The molecule has 0 aromatic carbocycles. The van der Waals surface area contributed by atoms with Crippen LogP contribution in [0.25, 0.3) is 0 Å². The van der Waals surface area contributed by atoms with Crippen molar-refractivity contribution < 1.29 is 8.42 Å². The van der Waals surface area contributed by atoms with Gasteiger partial charge >= 0.3 is 0 Å². The van der Waals surface area contributed by atoms with Gasteiger partial charge in [-0.3, -0.25) is 0 Å².